The van der Waals surface area contributed by atoms with Gasteiger partial charge in [-0.05, 0) is 50.4 Å². The summed E-state index contributed by atoms with van der Waals surface area (Å²) in [6.07, 6.45) is 3.50. The minimum absolute atomic E-state index is 0.274. The summed E-state index contributed by atoms with van der Waals surface area (Å²) in [6.45, 7) is 2.80. The molecule has 1 fully saturated rings. The van der Waals surface area contributed by atoms with E-state index in [-0.39, 0.29) is 5.82 Å². The number of piperidine rings is 1. The van der Waals surface area contributed by atoms with Crippen molar-refractivity contribution in [1.82, 2.24) is 5.32 Å². The van der Waals surface area contributed by atoms with Gasteiger partial charge in [-0.25, -0.2) is 4.39 Å². The normalized spacial score (nSPS) is 20.7. The number of benzene rings is 1. The van der Waals surface area contributed by atoms with Crippen molar-refractivity contribution in [1.29, 1.82) is 0 Å². The standard InChI is InChI=1S/C13H18FNO/c14-12-5-1-2-6-13(12)16-9-7-11-4-3-8-15-10-11/h1-2,5-6,11,15H,3-4,7-10H2/t11-/m1/s1. The molecule has 1 aromatic rings. The Labute approximate surface area is 95.8 Å². The van der Waals surface area contributed by atoms with Gasteiger partial charge in [0.15, 0.2) is 11.6 Å². The van der Waals surface area contributed by atoms with Gasteiger partial charge in [0, 0.05) is 0 Å². The Bertz CT molecular complexity index is 323. The first-order valence-corrected chi connectivity index (χ1v) is 5.94. The first kappa shape index (κ1) is 11.4. The molecule has 2 rings (SSSR count). The molecule has 0 aliphatic carbocycles. The predicted molar refractivity (Wildman–Crippen MR) is 62.1 cm³/mol. The Balaban J connectivity index is 1.73. The van der Waals surface area contributed by atoms with E-state index in [1.54, 1.807) is 18.2 Å². The Morgan fingerprint density at radius 1 is 1.38 bits per heavy atom. The molecular weight excluding hydrogens is 205 g/mol. The lowest BCUT2D eigenvalue weighted by Gasteiger charge is -2.22. The molecule has 16 heavy (non-hydrogen) atoms. The third-order valence-electron chi connectivity index (χ3n) is 3.02. The minimum Gasteiger partial charge on any atom is -0.491 e. The summed E-state index contributed by atoms with van der Waals surface area (Å²) >= 11 is 0. The largest absolute Gasteiger partial charge is 0.491 e. The van der Waals surface area contributed by atoms with Crippen LogP contribution in [-0.4, -0.2) is 19.7 Å². The third-order valence-corrected chi connectivity index (χ3v) is 3.02. The molecule has 0 spiro atoms. The first-order valence-electron chi connectivity index (χ1n) is 5.94. The highest BCUT2D eigenvalue weighted by molar-refractivity contribution is 5.23. The fraction of sp³-hybridized carbons (Fsp3) is 0.538. The molecule has 0 aromatic heterocycles. The van der Waals surface area contributed by atoms with Crippen LogP contribution in [-0.2, 0) is 0 Å². The number of rotatable bonds is 4. The van der Waals surface area contributed by atoms with E-state index in [2.05, 4.69) is 5.32 Å². The van der Waals surface area contributed by atoms with Crippen LogP contribution in [0.5, 0.6) is 5.75 Å². The highest BCUT2D eigenvalue weighted by atomic mass is 19.1. The fourth-order valence-corrected chi connectivity index (χ4v) is 2.07. The molecular formula is C13H18FNO. The van der Waals surface area contributed by atoms with Gasteiger partial charge in [0.25, 0.3) is 0 Å². The number of hydrogen-bond donors (Lipinski definition) is 1. The minimum atomic E-state index is -0.274. The monoisotopic (exact) mass is 223 g/mol. The van der Waals surface area contributed by atoms with Crippen LogP contribution in [0.25, 0.3) is 0 Å². The third kappa shape index (κ3) is 3.20. The molecule has 1 saturated heterocycles. The van der Waals surface area contributed by atoms with Crippen molar-refractivity contribution >= 4 is 0 Å². The summed E-state index contributed by atoms with van der Waals surface area (Å²) < 4.78 is 18.7. The predicted octanol–water partition coefficient (Wildman–Crippen LogP) is 2.59. The summed E-state index contributed by atoms with van der Waals surface area (Å²) in [6, 6.07) is 6.57. The molecule has 1 aliphatic heterocycles. The van der Waals surface area contributed by atoms with E-state index in [1.807, 2.05) is 0 Å². The van der Waals surface area contributed by atoms with Crippen LogP contribution >= 0.6 is 0 Å². The molecule has 2 nitrogen and oxygen atoms in total. The maximum atomic E-state index is 13.2. The van der Waals surface area contributed by atoms with Crippen molar-refractivity contribution in [3.8, 4) is 5.75 Å². The van der Waals surface area contributed by atoms with Crippen molar-refractivity contribution in [2.24, 2.45) is 5.92 Å². The number of halogens is 1. The second-order valence-corrected chi connectivity index (χ2v) is 4.28. The first-order chi connectivity index (χ1) is 7.86. The average Bonchev–Trinajstić information content (AvgIpc) is 2.33. The van der Waals surface area contributed by atoms with Crippen LogP contribution in [0.1, 0.15) is 19.3 Å². The molecule has 0 amide bonds. The topological polar surface area (TPSA) is 21.3 Å². The average molecular weight is 223 g/mol. The summed E-state index contributed by atoms with van der Waals surface area (Å²) in [5, 5.41) is 3.37. The van der Waals surface area contributed by atoms with Gasteiger partial charge in [-0.3, -0.25) is 0 Å². The highest BCUT2D eigenvalue weighted by Crippen LogP contribution is 2.18. The molecule has 0 radical (unpaired) electrons. The summed E-state index contributed by atoms with van der Waals surface area (Å²) in [5.41, 5.74) is 0. The van der Waals surface area contributed by atoms with E-state index in [9.17, 15) is 4.39 Å². The van der Waals surface area contributed by atoms with E-state index in [1.165, 1.54) is 18.9 Å². The van der Waals surface area contributed by atoms with Crippen LogP contribution in [0.4, 0.5) is 4.39 Å². The van der Waals surface area contributed by atoms with Crippen molar-refractivity contribution in [2.45, 2.75) is 19.3 Å². The van der Waals surface area contributed by atoms with Crippen molar-refractivity contribution in [2.75, 3.05) is 19.7 Å². The maximum Gasteiger partial charge on any atom is 0.165 e. The van der Waals surface area contributed by atoms with Crippen molar-refractivity contribution in [3.05, 3.63) is 30.1 Å². The van der Waals surface area contributed by atoms with Crippen LogP contribution in [0.15, 0.2) is 24.3 Å². The molecule has 1 aliphatic rings. The Morgan fingerprint density at radius 2 is 2.25 bits per heavy atom. The van der Waals surface area contributed by atoms with E-state index in [4.69, 9.17) is 4.74 Å². The smallest absolute Gasteiger partial charge is 0.165 e. The fourth-order valence-electron chi connectivity index (χ4n) is 2.07. The molecule has 1 atom stereocenters. The van der Waals surface area contributed by atoms with E-state index < -0.39 is 0 Å². The zero-order chi connectivity index (χ0) is 11.2. The maximum absolute atomic E-state index is 13.2. The van der Waals surface area contributed by atoms with Crippen LogP contribution < -0.4 is 10.1 Å². The molecule has 1 aromatic carbocycles. The SMILES string of the molecule is Fc1ccccc1OCC[C@H]1CCCNC1. The number of para-hydroxylation sites is 1. The Kier molecular flexibility index (Phi) is 4.17. The molecule has 0 saturated carbocycles. The van der Waals surface area contributed by atoms with Crippen molar-refractivity contribution in [3.63, 3.8) is 0 Å². The van der Waals surface area contributed by atoms with E-state index >= 15 is 0 Å². The second-order valence-electron chi connectivity index (χ2n) is 4.28. The van der Waals surface area contributed by atoms with Gasteiger partial charge >= 0.3 is 0 Å². The molecule has 0 bridgehead atoms. The molecule has 3 heteroatoms. The van der Waals surface area contributed by atoms with Crippen molar-refractivity contribution < 1.29 is 9.13 Å². The van der Waals surface area contributed by atoms with Gasteiger partial charge < -0.3 is 10.1 Å². The van der Waals surface area contributed by atoms with E-state index in [0.29, 0.717) is 18.3 Å². The Hall–Kier alpha value is -1.09. The van der Waals surface area contributed by atoms with Crippen LogP contribution in [0.3, 0.4) is 0 Å². The zero-order valence-electron chi connectivity index (χ0n) is 9.42. The van der Waals surface area contributed by atoms with Gasteiger partial charge in [0.1, 0.15) is 0 Å². The zero-order valence-corrected chi connectivity index (χ0v) is 9.42. The number of ether oxygens (including phenoxy) is 1. The van der Waals surface area contributed by atoms with Gasteiger partial charge in [-0.15, -0.1) is 0 Å². The molecule has 0 unspecified atom stereocenters. The molecule has 1 heterocycles. The van der Waals surface area contributed by atoms with Crippen LogP contribution in [0.2, 0.25) is 0 Å². The van der Waals surface area contributed by atoms with E-state index in [0.717, 1.165) is 19.5 Å². The lowest BCUT2D eigenvalue weighted by molar-refractivity contribution is 0.246. The second kappa shape index (κ2) is 5.85. The molecule has 1 N–H and O–H groups in total. The number of nitrogens with one attached hydrogen (secondary N) is 1. The lowest BCUT2D eigenvalue weighted by Crippen LogP contribution is -2.30. The summed E-state index contributed by atoms with van der Waals surface area (Å²) in [4.78, 5) is 0. The van der Waals surface area contributed by atoms with Gasteiger partial charge in [-0.1, -0.05) is 12.1 Å². The number of hydrogen-bond acceptors (Lipinski definition) is 2. The summed E-state index contributed by atoms with van der Waals surface area (Å²) in [5.74, 6) is 0.774. The van der Waals surface area contributed by atoms with Gasteiger partial charge in [0.05, 0.1) is 6.61 Å². The Morgan fingerprint density at radius 3 is 3.00 bits per heavy atom. The highest BCUT2D eigenvalue weighted by Gasteiger charge is 2.12. The summed E-state index contributed by atoms with van der Waals surface area (Å²) in [7, 11) is 0. The van der Waals surface area contributed by atoms with Crippen LogP contribution in [0, 0.1) is 11.7 Å². The molecule has 88 valence electrons. The lowest BCUT2D eigenvalue weighted by atomic mass is 9.97. The quantitative estimate of drug-likeness (QED) is 0.847. The van der Waals surface area contributed by atoms with Gasteiger partial charge in [-0.2, -0.15) is 0 Å². The van der Waals surface area contributed by atoms with Gasteiger partial charge in [0.2, 0.25) is 0 Å².